The molecule has 1 N–H and O–H groups in total. The number of ether oxygens (including phenoxy) is 1. The Bertz CT molecular complexity index is 1210. The van der Waals surface area contributed by atoms with Crippen LogP contribution in [0.3, 0.4) is 0 Å². The lowest BCUT2D eigenvalue weighted by atomic mass is 10.2. The number of aromatic nitrogens is 3. The van der Waals surface area contributed by atoms with Crippen LogP contribution in [0.2, 0.25) is 0 Å². The largest absolute Gasteiger partial charge is 0.438 e. The minimum Gasteiger partial charge on any atom is -0.438 e. The molecule has 0 atom stereocenters. The number of carbonyl (C=O) groups excluding carboxylic acids is 1. The highest BCUT2D eigenvalue weighted by Crippen LogP contribution is 2.29. The van der Waals surface area contributed by atoms with Crippen LogP contribution < -0.4 is 10.2 Å². The van der Waals surface area contributed by atoms with Gasteiger partial charge in [0.25, 0.3) is 5.91 Å². The number of halogens is 1. The summed E-state index contributed by atoms with van der Waals surface area (Å²) in [5, 5.41) is 8.61. The predicted octanol–water partition coefficient (Wildman–Crippen LogP) is 4.27. The molecule has 0 saturated carbocycles. The summed E-state index contributed by atoms with van der Waals surface area (Å²) in [6, 6.07) is 18.4. The van der Waals surface area contributed by atoms with Gasteiger partial charge in [-0.15, -0.1) is 0 Å². The number of aryl methyl sites for hydroxylation is 1. The third-order valence-corrected chi connectivity index (χ3v) is 4.37. The van der Waals surface area contributed by atoms with E-state index in [1.165, 1.54) is 36.7 Å². The van der Waals surface area contributed by atoms with Crippen molar-refractivity contribution in [3.8, 4) is 17.3 Å². The lowest BCUT2D eigenvalue weighted by Crippen LogP contribution is -2.17. The normalized spacial score (nSPS) is 10.9. The number of pyridine rings is 1. The molecule has 4 aromatic rings. The van der Waals surface area contributed by atoms with E-state index in [1.807, 2.05) is 30.3 Å². The fourth-order valence-electron chi connectivity index (χ4n) is 2.84. The maximum Gasteiger partial charge on any atom is 0.272 e. The molecule has 2 heterocycles. The van der Waals surface area contributed by atoms with Gasteiger partial charge >= 0.3 is 0 Å². The monoisotopic (exact) mass is 415 g/mol. The zero-order valence-electron chi connectivity index (χ0n) is 16.6. The van der Waals surface area contributed by atoms with Gasteiger partial charge in [-0.05, 0) is 55.5 Å². The van der Waals surface area contributed by atoms with E-state index in [2.05, 4.69) is 20.6 Å². The molecule has 0 spiro atoms. The lowest BCUT2D eigenvalue weighted by molar-refractivity contribution is 0.0954. The average molecular weight is 415 g/mol. The van der Waals surface area contributed by atoms with Gasteiger partial charge in [0.2, 0.25) is 5.88 Å². The summed E-state index contributed by atoms with van der Waals surface area (Å²) in [5.74, 6) is 0.0701. The summed E-state index contributed by atoms with van der Waals surface area (Å²) in [6.45, 7) is 1.81. The highest BCUT2D eigenvalue weighted by atomic mass is 19.1. The maximum atomic E-state index is 13.3. The number of rotatable bonds is 6. The average Bonchev–Trinajstić information content (AvgIpc) is 3.11. The molecule has 4 rings (SSSR count). The molecule has 0 bridgehead atoms. The minimum atomic E-state index is -0.390. The van der Waals surface area contributed by atoms with Gasteiger partial charge in [-0.2, -0.15) is 14.9 Å². The zero-order chi connectivity index (χ0) is 21.6. The number of para-hydroxylation sites is 1. The highest BCUT2D eigenvalue weighted by molar-refractivity contribution is 5.94. The molecule has 0 unspecified atom stereocenters. The Morgan fingerprint density at radius 2 is 1.87 bits per heavy atom. The Hall–Kier alpha value is -4.33. The topological polar surface area (TPSA) is 81.4 Å². The third kappa shape index (κ3) is 4.64. The molecule has 0 saturated heterocycles. The van der Waals surface area contributed by atoms with Gasteiger partial charge in [-0.3, -0.25) is 9.78 Å². The number of nitrogens with zero attached hydrogens (tertiary/aromatic N) is 4. The van der Waals surface area contributed by atoms with Gasteiger partial charge in [-0.1, -0.05) is 18.2 Å². The molecule has 0 aliphatic heterocycles. The SMILES string of the molecule is Cc1nn(-c2ccccc2)c(Oc2ccc(F)cc2)c1/C=N/NC(=O)c1cccnc1. The van der Waals surface area contributed by atoms with E-state index in [4.69, 9.17) is 4.74 Å². The molecule has 0 fully saturated rings. The van der Waals surface area contributed by atoms with E-state index in [0.29, 0.717) is 28.5 Å². The second-order valence-electron chi connectivity index (χ2n) is 6.55. The minimum absolute atomic E-state index is 0.361. The van der Waals surface area contributed by atoms with Crippen molar-refractivity contribution in [2.45, 2.75) is 6.92 Å². The van der Waals surface area contributed by atoms with Crippen molar-refractivity contribution in [3.05, 3.63) is 102 Å². The number of amides is 1. The van der Waals surface area contributed by atoms with Crippen molar-refractivity contribution in [1.82, 2.24) is 20.2 Å². The highest BCUT2D eigenvalue weighted by Gasteiger charge is 2.18. The van der Waals surface area contributed by atoms with E-state index < -0.39 is 5.91 Å². The first-order valence-electron chi connectivity index (χ1n) is 9.44. The molecule has 2 aromatic carbocycles. The molecule has 0 aliphatic carbocycles. The number of carbonyl (C=O) groups is 1. The predicted molar refractivity (Wildman–Crippen MR) is 114 cm³/mol. The van der Waals surface area contributed by atoms with Gasteiger partial charge in [0.15, 0.2) is 0 Å². The zero-order valence-corrected chi connectivity index (χ0v) is 16.6. The molecule has 0 aliphatic rings. The summed E-state index contributed by atoms with van der Waals surface area (Å²) in [6.07, 6.45) is 4.50. The van der Waals surface area contributed by atoms with Crippen LogP contribution in [0, 0.1) is 12.7 Å². The summed E-state index contributed by atoms with van der Waals surface area (Å²) in [7, 11) is 0. The molecule has 2 aromatic heterocycles. The smallest absolute Gasteiger partial charge is 0.272 e. The summed E-state index contributed by atoms with van der Waals surface area (Å²) in [4.78, 5) is 16.1. The maximum absolute atomic E-state index is 13.3. The summed E-state index contributed by atoms with van der Waals surface area (Å²) >= 11 is 0. The summed E-state index contributed by atoms with van der Waals surface area (Å²) < 4.78 is 21.0. The van der Waals surface area contributed by atoms with Crippen LogP contribution in [-0.2, 0) is 0 Å². The molecule has 154 valence electrons. The van der Waals surface area contributed by atoms with Gasteiger partial charge < -0.3 is 4.74 Å². The molecule has 31 heavy (non-hydrogen) atoms. The van der Waals surface area contributed by atoms with Crippen LogP contribution in [0.4, 0.5) is 4.39 Å². The van der Waals surface area contributed by atoms with Crippen LogP contribution >= 0.6 is 0 Å². The van der Waals surface area contributed by atoms with E-state index in [9.17, 15) is 9.18 Å². The number of hydrogen-bond acceptors (Lipinski definition) is 5. The molecule has 7 nitrogen and oxygen atoms in total. The van der Waals surface area contributed by atoms with Crippen molar-refractivity contribution in [2.75, 3.05) is 0 Å². The van der Waals surface area contributed by atoms with Crippen LogP contribution in [0.25, 0.3) is 5.69 Å². The summed E-state index contributed by atoms with van der Waals surface area (Å²) in [5.41, 5.74) is 4.85. The van der Waals surface area contributed by atoms with Crippen molar-refractivity contribution in [2.24, 2.45) is 5.10 Å². The van der Waals surface area contributed by atoms with Crippen LogP contribution in [0.5, 0.6) is 11.6 Å². The molecule has 0 radical (unpaired) electrons. The van der Waals surface area contributed by atoms with Crippen molar-refractivity contribution in [3.63, 3.8) is 0 Å². The second-order valence-corrected chi connectivity index (χ2v) is 6.55. The van der Waals surface area contributed by atoms with E-state index in [-0.39, 0.29) is 5.82 Å². The Morgan fingerprint density at radius 3 is 2.58 bits per heavy atom. The van der Waals surface area contributed by atoms with Gasteiger partial charge in [-0.25, -0.2) is 9.82 Å². The van der Waals surface area contributed by atoms with E-state index >= 15 is 0 Å². The second kappa shape index (κ2) is 9.00. The molecule has 1 amide bonds. The molecular formula is C23H18FN5O2. The lowest BCUT2D eigenvalue weighted by Gasteiger charge is -2.10. The van der Waals surface area contributed by atoms with E-state index in [1.54, 1.807) is 29.9 Å². The first-order valence-corrected chi connectivity index (χ1v) is 9.44. The quantitative estimate of drug-likeness (QED) is 0.377. The van der Waals surface area contributed by atoms with Crippen LogP contribution in [-0.4, -0.2) is 26.9 Å². The van der Waals surface area contributed by atoms with Crippen molar-refractivity contribution in [1.29, 1.82) is 0 Å². The number of hydrazone groups is 1. The standard InChI is InChI=1S/C23H18FN5O2/c1-16-21(15-26-27-22(30)17-6-5-13-25-14-17)23(31-20-11-9-18(24)10-12-20)29(28-16)19-7-3-2-4-8-19/h2-15H,1H3,(H,27,30)/b26-15+. The third-order valence-electron chi connectivity index (χ3n) is 4.37. The number of nitrogens with one attached hydrogen (secondary N) is 1. The fourth-order valence-corrected chi connectivity index (χ4v) is 2.84. The molecular weight excluding hydrogens is 397 g/mol. The first-order chi connectivity index (χ1) is 15.1. The van der Waals surface area contributed by atoms with Gasteiger partial charge in [0, 0.05) is 12.4 Å². The Morgan fingerprint density at radius 1 is 1.10 bits per heavy atom. The fraction of sp³-hybridized carbons (Fsp3) is 0.0435. The first kappa shape index (κ1) is 20.0. The van der Waals surface area contributed by atoms with Crippen molar-refractivity contribution >= 4 is 12.1 Å². The Kier molecular flexibility index (Phi) is 5.79. The van der Waals surface area contributed by atoms with Crippen LogP contribution in [0.1, 0.15) is 21.6 Å². The van der Waals surface area contributed by atoms with Crippen molar-refractivity contribution < 1.29 is 13.9 Å². The Balaban J connectivity index is 1.66. The number of benzene rings is 2. The van der Waals surface area contributed by atoms with Gasteiger partial charge in [0.05, 0.1) is 28.7 Å². The van der Waals surface area contributed by atoms with Gasteiger partial charge in [0.1, 0.15) is 11.6 Å². The Labute approximate surface area is 177 Å². The number of hydrogen-bond donors (Lipinski definition) is 1. The van der Waals surface area contributed by atoms with E-state index in [0.717, 1.165) is 5.69 Å². The van der Waals surface area contributed by atoms with Crippen LogP contribution in [0.15, 0.2) is 84.2 Å². The molecule has 8 heteroatoms.